The van der Waals surface area contributed by atoms with Crippen LogP contribution in [0.1, 0.15) is 31.0 Å². The maximum absolute atomic E-state index is 6.21. The third-order valence-corrected chi connectivity index (χ3v) is 3.54. The van der Waals surface area contributed by atoms with Gasteiger partial charge in [-0.1, -0.05) is 18.5 Å². The number of fused-ring (bicyclic) bond motifs is 1. The van der Waals surface area contributed by atoms with Crippen molar-refractivity contribution >= 4 is 11.6 Å². The fourth-order valence-corrected chi connectivity index (χ4v) is 2.63. The smallest absolute Gasteiger partial charge is 0.164 e. The molecular formula is C13H15ClN4. The molecule has 5 heteroatoms. The summed E-state index contributed by atoms with van der Waals surface area (Å²) in [7, 11) is 0. The molecule has 0 radical (unpaired) electrons. The fourth-order valence-electron chi connectivity index (χ4n) is 2.35. The quantitative estimate of drug-likeness (QED) is 0.799. The maximum atomic E-state index is 6.21. The van der Waals surface area contributed by atoms with E-state index >= 15 is 0 Å². The highest BCUT2D eigenvalue weighted by molar-refractivity contribution is 6.30. The Morgan fingerprint density at radius 1 is 1.33 bits per heavy atom. The first kappa shape index (κ1) is 11.7. The van der Waals surface area contributed by atoms with E-state index in [4.69, 9.17) is 11.6 Å². The van der Waals surface area contributed by atoms with Gasteiger partial charge in [0.2, 0.25) is 0 Å². The molecule has 2 aromatic heterocycles. The summed E-state index contributed by atoms with van der Waals surface area (Å²) in [5.41, 5.74) is 3.18. The normalized spacial score (nSPS) is 13.9. The average molecular weight is 263 g/mol. The van der Waals surface area contributed by atoms with Crippen molar-refractivity contribution in [3.8, 4) is 11.4 Å². The molecule has 2 aromatic rings. The van der Waals surface area contributed by atoms with Crippen LogP contribution in [0.5, 0.6) is 0 Å². The SMILES string of the molecule is CCCn1cc(-c2nc(Cl)c3c(n2)CCC3)cn1. The molecule has 0 bridgehead atoms. The molecule has 1 aliphatic rings. The molecule has 0 aromatic carbocycles. The van der Waals surface area contributed by atoms with Crippen molar-refractivity contribution in [1.82, 2.24) is 19.7 Å². The van der Waals surface area contributed by atoms with Crippen molar-refractivity contribution in [3.63, 3.8) is 0 Å². The van der Waals surface area contributed by atoms with E-state index in [0.717, 1.165) is 49.0 Å². The first-order valence-electron chi connectivity index (χ1n) is 6.36. The van der Waals surface area contributed by atoms with Gasteiger partial charge in [-0.2, -0.15) is 5.10 Å². The zero-order valence-electron chi connectivity index (χ0n) is 10.4. The molecule has 0 unspecified atom stereocenters. The van der Waals surface area contributed by atoms with Gasteiger partial charge >= 0.3 is 0 Å². The maximum Gasteiger partial charge on any atom is 0.164 e. The number of hydrogen-bond acceptors (Lipinski definition) is 3. The summed E-state index contributed by atoms with van der Waals surface area (Å²) in [6.45, 7) is 3.04. The molecule has 0 fully saturated rings. The van der Waals surface area contributed by atoms with Gasteiger partial charge in [-0.3, -0.25) is 4.68 Å². The Hall–Kier alpha value is -1.42. The number of nitrogens with zero attached hydrogens (tertiary/aromatic N) is 4. The predicted molar refractivity (Wildman–Crippen MR) is 70.6 cm³/mol. The van der Waals surface area contributed by atoms with Gasteiger partial charge in [0.1, 0.15) is 5.15 Å². The van der Waals surface area contributed by atoms with Gasteiger partial charge in [0.25, 0.3) is 0 Å². The largest absolute Gasteiger partial charge is 0.272 e. The fraction of sp³-hybridized carbons (Fsp3) is 0.462. The Balaban J connectivity index is 1.98. The monoisotopic (exact) mass is 262 g/mol. The molecule has 0 saturated heterocycles. The molecule has 1 aliphatic carbocycles. The van der Waals surface area contributed by atoms with Gasteiger partial charge in [0.05, 0.1) is 11.8 Å². The molecule has 94 valence electrons. The molecule has 2 heterocycles. The van der Waals surface area contributed by atoms with Crippen LogP contribution < -0.4 is 0 Å². The van der Waals surface area contributed by atoms with E-state index in [9.17, 15) is 0 Å². The Morgan fingerprint density at radius 2 is 2.22 bits per heavy atom. The van der Waals surface area contributed by atoms with Gasteiger partial charge in [0.15, 0.2) is 5.82 Å². The van der Waals surface area contributed by atoms with Crippen molar-refractivity contribution in [2.45, 2.75) is 39.2 Å². The summed E-state index contributed by atoms with van der Waals surface area (Å²) in [4.78, 5) is 9.00. The van der Waals surface area contributed by atoms with Crippen LogP contribution in [-0.2, 0) is 19.4 Å². The van der Waals surface area contributed by atoms with E-state index in [0.29, 0.717) is 11.0 Å². The van der Waals surface area contributed by atoms with Crippen molar-refractivity contribution in [2.75, 3.05) is 0 Å². The van der Waals surface area contributed by atoms with Crippen LogP contribution in [0, 0.1) is 0 Å². The van der Waals surface area contributed by atoms with Crippen LogP contribution in [0.4, 0.5) is 0 Å². The molecule has 0 saturated carbocycles. The lowest BCUT2D eigenvalue weighted by Crippen LogP contribution is -1.97. The molecule has 0 spiro atoms. The number of rotatable bonds is 3. The third kappa shape index (κ3) is 2.01. The van der Waals surface area contributed by atoms with Crippen LogP contribution in [0.15, 0.2) is 12.4 Å². The van der Waals surface area contributed by atoms with Gasteiger partial charge in [-0.05, 0) is 25.7 Å². The lowest BCUT2D eigenvalue weighted by atomic mass is 10.2. The third-order valence-electron chi connectivity index (χ3n) is 3.23. The van der Waals surface area contributed by atoms with Crippen molar-refractivity contribution in [3.05, 3.63) is 28.8 Å². The van der Waals surface area contributed by atoms with Gasteiger partial charge in [-0.25, -0.2) is 9.97 Å². The van der Waals surface area contributed by atoms with Crippen molar-refractivity contribution in [1.29, 1.82) is 0 Å². The number of hydrogen-bond donors (Lipinski definition) is 0. The minimum Gasteiger partial charge on any atom is -0.272 e. The summed E-state index contributed by atoms with van der Waals surface area (Å²) in [5, 5.41) is 4.91. The molecule has 18 heavy (non-hydrogen) atoms. The van der Waals surface area contributed by atoms with Crippen molar-refractivity contribution < 1.29 is 0 Å². The van der Waals surface area contributed by atoms with Crippen LogP contribution >= 0.6 is 11.6 Å². The topological polar surface area (TPSA) is 43.6 Å². The number of halogens is 1. The second-order valence-corrected chi connectivity index (χ2v) is 4.97. The Labute approximate surface area is 111 Å². The van der Waals surface area contributed by atoms with Gasteiger partial charge in [0, 0.05) is 24.0 Å². The number of aryl methyl sites for hydroxylation is 2. The molecule has 3 rings (SSSR count). The lowest BCUT2D eigenvalue weighted by molar-refractivity contribution is 0.603. The van der Waals surface area contributed by atoms with Crippen LogP contribution in [0.3, 0.4) is 0 Å². The zero-order chi connectivity index (χ0) is 12.5. The Morgan fingerprint density at radius 3 is 3.06 bits per heavy atom. The summed E-state index contributed by atoms with van der Waals surface area (Å²) in [6.07, 6.45) is 7.99. The van der Waals surface area contributed by atoms with Crippen LogP contribution in [0.2, 0.25) is 5.15 Å². The second-order valence-electron chi connectivity index (χ2n) is 4.61. The van der Waals surface area contributed by atoms with E-state index in [1.165, 1.54) is 0 Å². The molecule has 4 nitrogen and oxygen atoms in total. The van der Waals surface area contributed by atoms with Crippen LogP contribution in [0.25, 0.3) is 11.4 Å². The first-order chi connectivity index (χ1) is 8.78. The number of aromatic nitrogens is 4. The van der Waals surface area contributed by atoms with E-state index in [1.807, 2.05) is 17.1 Å². The summed E-state index contributed by atoms with van der Waals surface area (Å²) < 4.78 is 1.92. The predicted octanol–water partition coefficient (Wildman–Crippen LogP) is 2.89. The minimum absolute atomic E-state index is 0.607. The highest BCUT2D eigenvalue weighted by atomic mass is 35.5. The Kier molecular flexibility index (Phi) is 3.04. The highest BCUT2D eigenvalue weighted by Crippen LogP contribution is 2.28. The van der Waals surface area contributed by atoms with Crippen LogP contribution in [-0.4, -0.2) is 19.7 Å². The molecule has 0 atom stereocenters. The van der Waals surface area contributed by atoms with E-state index in [1.54, 1.807) is 0 Å². The van der Waals surface area contributed by atoms with Gasteiger partial charge < -0.3 is 0 Å². The second kappa shape index (κ2) is 4.69. The molecule has 0 aliphatic heterocycles. The standard InChI is InChI=1S/C13H15ClN4/c1-2-6-18-8-9(7-15-18)13-16-11-5-3-4-10(11)12(14)17-13/h7-8H,2-6H2,1H3. The zero-order valence-corrected chi connectivity index (χ0v) is 11.1. The first-order valence-corrected chi connectivity index (χ1v) is 6.74. The highest BCUT2D eigenvalue weighted by Gasteiger charge is 2.19. The van der Waals surface area contributed by atoms with E-state index < -0.39 is 0 Å². The van der Waals surface area contributed by atoms with Crippen molar-refractivity contribution in [2.24, 2.45) is 0 Å². The summed E-state index contributed by atoms with van der Waals surface area (Å²) in [5.74, 6) is 0.697. The summed E-state index contributed by atoms with van der Waals surface area (Å²) in [6, 6.07) is 0. The average Bonchev–Trinajstić information content (AvgIpc) is 2.97. The minimum atomic E-state index is 0.607. The molecule has 0 N–H and O–H groups in total. The van der Waals surface area contributed by atoms with E-state index in [2.05, 4.69) is 22.0 Å². The lowest BCUT2D eigenvalue weighted by Gasteiger charge is -2.03. The Bertz CT molecular complexity index is 576. The summed E-state index contributed by atoms with van der Waals surface area (Å²) >= 11 is 6.21. The molecular weight excluding hydrogens is 248 g/mol. The molecule has 0 amide bonds. The van der Waals surface area contributed by atoms with E-state index in [-0.39, 0.29) is 0 Å². The van der Waals surface area contributed by atoms with Gasteiger partial charge in [-0.15, -0.1) is 0 Å².